The van der Waals surface area contributed by atoms with Crippen LogP contribution in [0.3, 0.4) is 0 Å². The van der Waals surface area contributed by atoms with Gasteiger partial charge in [-0.05, 0) is 32.2 Å². The number of phenolic OH excluding ortho intramolecular Hbond substituents is 1. The minimum Gasteiger partial charge on any atom is -0.508 e. The van der Waals surface area contributed by atoms with Crippen molar-refractivity contribution in [1.82, 2.24) is 5.32 Å². The molecule has 1 unspecified atom stereocenters. The summed E-state index contributed by atoms with van der Waals surface area (Å²) in [6.45, 7) is 1.80. The molecule has 2 N–H and O–H groups in total. The van der Waals surface area contributed by atoms with Crippen LogP contribution >= 0.6 is 0 Å². The van der Waals surface area contributed by atoms with Crippen LogP contribution in [0.15, 0.2) is 18.2 Å². The lowest BCUT2D eigenvalue weighted by Crippen LogP contribution is -2.12. The minimum atomic E-state index is -2.50. The van der Waals surface area contributed by atoms with Crippen molar-refractivity contribution in [3.05, 3.63) is 29.3 Å². The van der Waals surface area contributed by atoms with Crippen molar-refractivity contribution in [2.45, 2.75) is 19.4 Å². The highest BCUT2D eigenvalue weighted by molar-refractivity contribution is 5.38. The molecule has 0 fully saturated rings. The van der Waals surface area contributed by atoms with Crippen LogP contribution in [-0.4, -0.2) is 12.2 Å². The molecular weight excluding hydrogens is 188 g/mol. The van der Waals surface area contributed by atoms with E-state index in [4.69, 9.17) is 0 Å². The number of halogens is 2. The maximum Gasteiger partial charge on any atom is 0.263 e. The van der Waals surface area contributed by atoms with E-state index in [1.54, 1.807) is 14.0 Å². The Labute approximate surface area is 81.6 Å². The Balaban J connectivity index is 3.08. The first-order chi connectivity index (χ1) is 6.56. The number of benzene rings is 1. The van der Waals surface area contributed by atoms with E-state index in [9.17, 15) is 13.9 Å². The number of nitrogens with one attached hydrogen (secondary N) is 1. The third-order valence-corrected chi connectivity index (χ3v) is 2.20. The van der Waals surface area contributed by atoms with Gasteiger partial charge in [-0.2, -0.15) is 0 Å². The average molecular weight is 201 g/mol. The molecule has 14 heavy (non-hydrogen) atoms. The second kappa shape index (κ2) is 4.37. The number of aromatic hydroxyl groups is 1. The molecule has 2 nitrogen and oxygen atoms in total. The summed E-state index contributed by atoms with van der Waals surface area (Å²) >= 11 is 0. The van der Waals surface area contributed by atoms with Crippen LogP contribution in [0.4, 0.5) is 8.78 Å². The summed E-state index contributed by atoms with van der Waals surface area (Å²) in [7, 11) is 1.71. The number of hydrogen-bond donors (Lipinski definition) is 2. The largest absolute Gasteiger partial charge is 0.508 e. The molecule has 0 bridgehead atoms. The first-order valence-electron chi connectivity index (χ1n) is 4.34. The van der Waals surface area contributed by atoms with Gasteiger partial charge in [0.25, 0.3) is 6.43 Å². The van der Waals surface area contributed by atoms with Crippen molar-refractivity contribution in [2.24, 2.45) is 0 Å². The fourth-order valence-electron chi connectivity index (χ4n) is 1.21. The molecule has 0 saturated carbocycles. The maximum atomic E-state index is 12.3. The number of rotatable bonds is 3. The standard InChI is InChI=1S/C10H13F2NO/c1-6(13-2)8-5-7(10(11)12)3-4-9(8)14/h3-6,10,13-14H,1-2H3. The van der Waals surface area contributed by atoms with E-state index in [1.165, 1.54) is 18.2 Å². The summed E-state index contributed by atoms with van der Waals surface area (Å²) in [4.78, 5) is 0. The SMILES string of the molecule is CNC(C)c1cc(C(F)F)ccc1O. The second-order valence-electron chi connectivity index (χ2n) is 3.13. The highest BCUT2D eigenvalue weighted by atomic mass is 19.3. The summed E-state index contributed by atoms with van der Waals surface area (Å²) in [5, 5.41) is 12.3. The lowest BCUT2D eigenvalue weighted by Gasteiger charge is -2.13. The molecular formula is C10H13F2NO. The molecule has 0 spiro atoms. The zero-order chi connectivity index (χ0) is 10.7. The highest BCUT2D eigenvalue weighted by Gasteiger charge is 2.13. The van der Waals surface area contributed by atoms with Gasteiger partial charge in [-0.3, -0.25) is 0 Å². The van der Waals surface area contributed by atoms with Gasteiger partial charge in [0.15, 0.2) is 0 Å². The molecule has 1 atom stereocenters. The van der Waals surface area contributed by atoms with Crippen molar-refractivity contribution >= 4 is 0 Å². The lowest BCUT2D eigenvalue weighted by molar-refractivity contribution is 0.151. The molecule has 78 valence electrons. The molecule has 0 aliphatic carbocycles. The van der Waals surface area contributed by atoms with E-state index in [0.29, 0.717) is 5.56 Å². The fraction of sp³-hybridized carbons (Fsp3) is 0.400. The summed E-state index contributed by atoms with van der Waals surface area (Å²) in [6.07, 6.45) is -2.50. The Hall–Kier alpha value is -1.16. The summed E-state index contributed by atoms with van der Waals surface area (Å²) in [5.74, 6) is 0.0382. The number of alkyl halides is 2. The Kier molecular flexibility index (Phi) is 3.41. The van der Waals surface area contributed by atoms with E-state index in [2.05, 4.69) is 5.32 Å². The Morgan fingerprint density at radius 3 is 2.50 bits per heavy atom. The van der Waals surface area contributed by atoms with Crippen molar-refractivity contribution in [3.8, 4) is 5.75 Å². The topological polar surface area (TPSA) is 32.3 Å². The smallest absolute Gasteiger partial charge is 0.263 e. The van der Waals surface area contributed by atoms with Crippen LogP contribution in [0.5, 0.6) is 5.75 Å². The minimum absolute atomic E-state index is 0.0382. The first kappa shape index (κ1) is 10.9. The van der Waals surface area contributed by atoms with Gasteiger partial charge in [0.05, 0.1) is 0 Å². The van der Waals surface area contributed by atoms with Crippen molar-refractivity contribution in [3.63, 3.8) is 0 Å². The predicted octanol–water partition coefficient (Wildman–Crippen LogP) is 2.61. The number of phenols is 1. The fourth-order valence-corrected chi connectivity index (χ4v) is 1.21. The molecule has 0 aromatic heterocycles. The van der Waals surface area contributed by atoms with E-state index in [0.717, 1.165) is 0 Å². The third kappa shape index (κ3) is 2.20. The van der Waals surface area contributed by atoms with Crippen molar-refractivity contribution < 1.29 is 13.9 Å². The summed E-state index contributed by atoms with van der Waals surface area (Å²) < 4.78 is 24.7. The maximum absolute atomic E-state index is 12.3. The van der Waals surface area contributed by atoms with Gasteiger partial charge in [-0.25, -0.2) is 8.78 Å². The van der Waals surface area contributed by atoms with Gasteiger partial charge >= 0.3 is 0 Å². The molecule has 0 aliphatic rings. The Morgan fingerprint density at radius 1 is 1.36 bits per heavy atom. The van der Waals surface area contributed by atoms with Crippen molar-refractivity contribution in [2.75, 3.05) is 7.05 Å². The third-order valence-electron chi connectivity index (χ3n) is 2.20. The number of hydrogen-bond acceptors (Lipinski definition) is 2. The zero-order valence-corrected chi connectivity index (χ0v) is 8.09. The first-order valence-corrected chi connectivity index (χ1v) is 4.34. The molecule has 0 heterocycles. The molecule has 4 heteroatoms. The van der Waals surface area contributed by atoms with E-state index in [-0.39, 0.29) is 17.4 Å². The quantitative estimate of drug-likeness (QED) is 0.787. The van der Waals surface area contributed by atoms with Crippen molar-refractivity contribution in [1.29, 1.82) is 0 Å². The van der Waals surface area contributed by atoms with Gasteiger partial charge in [0, 0.05) is 17.2 Å². The zero-order valence-electron chi connectivity index (χ0n) is 8.09. The summed E-state index contributed by atoms with van der Waals surface area (Å²) in [6, 6.07) is 3.70. The van der Waals surface area contributed by atoms with Crippen LogP contribution in [0.25, 0.3) is 0 Å². The van der Waals surface area contributed by atoms with Crippen LogP contribution < -0.4 is 5.32 Å². The van der Waals surface area contributed by atoms with Gasteiger partial charge in [-0.15, -0.1) is 0 Å². The van der Waals surface area contributed by atoms with Crippen LogP contribution in [0, 0.1) is 0 Å². The van der Waals surface area contributed by atoms with Gasteiger partial charge in [-0.1, -0.05) is 0 Å². The lowest BCUT2D eigenvalue weighted by atomic mass is 10.0. The second-order valence-corrected chi connectivity index (χ2v) is 3.13. The van der Waals surface area contributed by atoms with Gasteiger partial charge in [0.2, 0.25) is 0 Å². The highest BCUT2D eigenvalue weighted by Crippen LogP contribution is 2.28. The molecule has 0 radical (unpaired) electrons. The molecule has 1 aromatic carbocycles. The normalized spacial score (nSPS) is 13.2. The van der Waals surface area contributed by atoms with Gasteiger partial charge in [0.1, 0.15) is 5.75 Å². The van der Waals surface area contributed by atoms with E-state index >= 15 is 0 Å². The monoisotopic (exact) mass is 201 g/mol. The van der Waals surface area contributed by atoms with Gasteiger partial charge < -0.3 is 10.4 Å². The molecule has 0 saturated heterocycles. The summed E-state index contributed by atoms with van der Waals surface area (Å²) in [5.41, 5.74) is 0.421. The van der Waals surface area contributed by atoms with Crippen LogP contribution in [0.1, 0.15) is 30.5 Å². The predicted molar refractivity (Wildman–Crippen MR) is 50.5 cm³/mol. The Bertz CT molecular complexity index is 315. The molecule has 1 rings (SSSR count). The molecule has 0 amide bonds. The van der Waals surface area contributed by atoms with E-state index in [1.807, 2.05) is 0 Å². The average Bonchev–Trinajstić information content (AvgIpc) is 2.17. The van der Waals surface area contributed by atoms with Crippen LogP contribution in [0.2, 0.25) is 0 Å². The van der Waals surface area contributed by atoms with Crippen LogP contribution in [-0.2, 0) is 0 Å². The van der Waals surface area contributed by atoms with E-state index < -0.39 is 6.43 Å². The Morgan fingerprint density at radius 2 is 2.00 bits per heavy atom. The molecule has 1 aromatic rings. The molecule has 0 aliphatic heterocycles.